The van der Waals surface area contributed by atoms with E-state index in [1.807, 2.05) is 18.2 Å². The molecule has 2 fully saturated rings. The molecule has 0 radical (unpaired) electrons. The summed E-state index contributed by atoms with van der Waals surface area (Å²) >= 11 is 0. The summed E-state index contributed by atoms with van der Waals surface area (Å²) in [6.07, 6.45) is 1.53. The van der Waals surface area contributed by atoms with Gasteiger partial charge in [-0.2, -0.15) is 0 Å². The lowest BCUT2D eigenvalue weighted by Crippen LogP contribution is -2.27. The Hall–Kier alpha value is -1.27. The van der Waals surface area contributed by atoms with Gasteiger partial charge in [-0.1, -0.05) is 6.07 Å². The van der Waals surface area contributed by atoms with Crippen LogP contribution in [-0.4, -0.2) is 52.2 Å². The minimum Gasteiger partial charge on any atom is -0.489 e. The molecule has 0 saturated carbocycles. The largest absolute Gasteiger partial charge is 0.489 e. The van der Waals surface area contributed by atoms with Crippen LogP contribution in [0, 0.1) is 0 Å². The maximum absolute atomic E-state index is 11.5. The number of nitrogens with one attached hydrogen (secondary N) is 1. The van der Waals surface area contributed by atoms with Gasteiger partial charge in [-0.3, -0.25) is 0 Å². The maximum atomic E-state index is 11.5. The van der Waals surface area contributed by atoms with E-state index in [2.05, 4.69) is 16.3 Å². The highest BCUT2D eigenvalue weighted by molar-refractivity contribution is 7.91. The standard InChI is InChI=1S/C15H22N2O3S/c18-21(19)10-5-15(12-21)20-14-4-1-3-13(11-14)17-8-2-6-16-7-9-17/h1,3-4,11,15-16H,2,5-10,12H2. The van der Waals surface area contributed by atoms with Crippen molar-refractivity contribution in [3.05, 3.63) is 24.3 Å². The van der Waals surface area contributed by atoms with E-state index in [1.165, 1.54) is 0 Å². The number of hydrogen-bond acceptors (Lipinski definition) is 5. The second-order valence-electron chi connectivity index (χ2n) is 5.73. The molecule has 2 aliphatic rings. The molecule has 21 heavy (non-hydrogen) atoms. The minimum absolute atomic E-state index is 0.144. The van der Waals surface area contributed by atoms with Crippen LogP contribution in [0.3, 0.4) is 0 Å². The summed E-state index contributed by atoms with van der Waals surface area (Å²) in [6.45, 7) is 4.08. The highest BCUT2D eigenvalue weighted by atomic mass is 32.2. The van der Waals surface area contributed by atoms with E-state index in [4.69, 9.17) is 4.74 Å². The first kappa shape index (κ1) is 14.7. The van der Waals surface area contributed by atoms with Crippen LogP contribution in [0.4, 0.5) is 5.69 Å². The van der Waals surface area contributed by atoms with Gasteiger partial charge in [-0.25, -0.2) is 8.42 Å². The zero-order valence-corrected chi connectivity index (χ0v) is 12.9. The fraction of sp³-hybridized carbons (Fsp3) is 0.600. The second kappa shape index (κ2) is 6.23. The number of benzene rings is 1. The third-order valence-electron chi connectivity index (χ3n) is 4.02. The normalized spacial score (nSPS) is 25.5. The number of sulfone groups is 1. The van der Waals surface area contributed by atoms with Gasteiger partial charge in [-0.15, -0.1) is 0 Å². The lowest BCUT2D eigenvalue weighted by molar-refractivity contribution is 0.229. The molecule has 0 aliphatic carbocycles. The van der Waals surface area contributed by atoms with Crippen molar-refractivity contribution in [1.29, 1.82) is 0 Å². The Morgan fingerprint density at radius 3 is 2.95 bits per heavy atom. The molecule has 116 valence electrons. The molecule has 0 amide bonds. The molecule has 2 aliphatic heterocycles. The van der Waals surface area contributed by atoms with Gasteiger partial charge in [-0.05, 0) is 31.5 Å². The van der Waals surface area contributed by atoms with E-state index < -0.39 is 9.84 Å². The zero-order chi connectivity index (χ0) is 14.7. The van der Waals surface area contributed by atoms with Gasteiger partial charge in [0.1, 0.15) is 11.9 Å². The second-order valence-corrected chi connectivity index (χ2v) is 7.96. The third-order valence-corrected chi connectivity index (χ3v) is 5.75. The number of hydrogen-bond donors (Lipinski definition) is 1. The number of anilines is 1. The summed E-state index contributed by atoms with van der Waals surface area (Å²) in [6, 6.07) is 8.00. The molecule has 1 aromatic carbocycles. The highest BCUT2D eigenvalue weighted by Gasteiger charge is 2.29. The zero-order valence-electron chi connectivity index (χ0n) is 12.1. The van der Waals surface area contributed by atoms with E-state index in [-0.39, 0.29) is 17.6 Å². The molecule has 5 nitrogen and oxygen atoms in total. The van der Waals surface area contributed by atoms with E-state index in [9.17, 15) is 8.42 Å². The van der Waals surface area contributed by atoms with Crippen molar-refractivity contribution in [2.45, 2.75) is 18.9 Å². The molecule has 0 spiro atoms. The molecular weight excluding hydrogens is 288 g/mol. The first-order chi connectivity index (χ1) is 10.1. The summed E-state index contributed by atoms with van der Waals surface area (Å²) in [5.74, 6) is 1.16. The lowest BCUT2D eigenvalue weighted by atomic mass is 10.2. The number of ether oxygens (including phenoxy) is 1. The minimum atomic E-state index is -2.89. The Kier molecular flexibility index (Phi) is 4.35. The third kappa shape index (κ3) is 3.89. The van der Waals surface area contributed by atoms with Gasteiger partial charge < -0.3 is 15.0 Å². The molecule has 3 rings (SSSR count). The number of nitrogens with zero attached hydrogens (tertiary/aromatic N) is 1. The molecular formula is C15H22N2O3S. The van der Waals surface area contributed by atoms with Crippen molar-refractivity contribution in [3.8, 4) is 5.75 Å². The fourth-order valence-electron chi connectivity index (χ4n) is 2.90. The predicted octanol–water partition coefficient (Wildman–Crippen LogP) is 1.05. The van der Waals surface area contributed by atoms with Crippen LogP contribution in [0.25, 0.3) is 0 Å². The summed E-state index contributed by atoms with van der Waals surface area (Å²) in [5.41, 5.74) is 1.15. The monoisotopic (exact) mass is 310 g/mol. The van der Waals surface area contributed by atoms with Gasteiger partial charge in [0.15, 0.2) is 9.84 Å². The maximum Gasteiger partial charge on any atom is 0.154 e. The van der Waals surface area contributed by atoms with Crippen LogP contribution >= 0.6 is 0 Å². The number of rotatable bonds is 3. The average molecular weight is 310 g/mol. The molecule has 2 saturated heterocycles. The lowest BCUT2D eigenvalue weighted by Gasteiger charge is -2.23. The molecule has 1 aromatic rings. The van der Waals surface area contributed by atoms with Gasteiger partial charge in [0, 0.05) is 31.4 Å². The first-order valence-corrected chi connectivity index (χ1v) is 9.37. The Morgan fingerprint density at radius 2 is 2.14 bits per heavy atom. The van der Waals surface area contributed by atoms with Gasteiger partial charge in [0.2, 0.25) is 0 Å². The van der Waals surface area contributed by atoms with Gasteiger partial charge in [0.05, 0.1) is 11.5 Å². The van der Waals surface area contributed by atoms with E-state index in [1.54, 1.807) is 0 Å². The molecule has 0 bridgehead atoms. The summed E-state index contributed by atoms with van der Waals surface area (Å²) in [4.78, 5) is 2.35. The van der Waals surface area contributed by atoms with Crippen LogP contribution in [0.15, 0.2) is 24.3 Å². The fourth-order valence-corrected chi connectivity index (χ4v) is 4.49. The molecule has 1 atom stereocenters. The predicted molar refractivity (Wildman–Crippen MR) is 83.8 cm³/mol. The smallest absolute Gasteiger partial charge is 0.154 e. The molecule has 0 aromatic heterocycles. The van der Waals surface area contributed by atoms with E-state index in [0.29, 0.717) is 6.42 Å². The van der Waals surface area contributed by atoms with Crippen molar-refractivity contribution < 1.29 is 13.2 Å². The van der Waals surface area contributed by atoms with Crippen LogP contribution in [0.5, 0.6) is 5.75 Å². The van der Waals surface area contributed by atoms with Crippen LogP contribution in [0.1, 0.15) is 12.8 Å². The Labute approximate surface area is 126 Å². The van der Waals surface area contributed by atoms with Crippen LogP contribution in [-0.2, 0) is 9.84 Å². The first-order valence-electron chi connectivity index (χ1n) is 7.55. The highest BCUT2D eigenvalue weighted by Crippen LogP contribution is 2.25. The van der Waals surface area contributed by atoms with Gasteiger partial charge in [0.25, 0.3) is 0 Å². The van der Waals surface area contributed by atoms with Gasteiger partial charge >= 0.3 is 0 Å². The molecule has 1 unspecified atom stereocenters. The van der Waals surface area contributed by atoms with Crippen LogP contribution in [0.2, 0.25) is 0 Å². The topological polar surface area (TPSA) is 58.6 Å². The van der Waals surface area contributed by atoms with Crippen molar-refractivity contribution in [1.82, 2.24) is 5.32 Å². The Morgan fingerprint density at radius 1 is 1.24 bits per heavy atom. The quantitative estimate of drug-likeness (QED) is 0.904. The molecule has 6 heteroatoms. The average Bonchev–Trinajstić information content (AvgIpc) is 2.69. The molecule has 1 N–H and O–H groups in total. The van der Waals surface area contributed by atoms with Crippen molar-refractivity contribution in [2.24, 2.45) is 0 Å². The molecule has 2 heterocycles. The Bertz CT molecular complexity index is 580. The Balaban J connectivity index is 1.68. The van der Waals surface area contributed by atoms with Crippen LogP contribution < -0.4 is 15.0 Å². The van der Waals surface area contributed by atoms with Crippen molar-refractivity contribution in [3.63, 3.8) is 0 Å². The van der Waals surface area contributed by atoms with E-state index in [0.717, 1.165) is 44.0 Å². The van der Waals surface area contributed by atoms with Crippen molar-refractivity contribution in [2.75, 3.05) is 42.6 Å². The summed E-state index contributed by atoms with van der Waals surface area (Å²) in [7, 11) is -2.89. The van der Waals surface area contributed by atoms with Crippen molar-refractivity contribution >= 4 is 15.5 Å². The summed E-state index contributed by atoms with van der Waals surface area (Å²) < 4.78 is 28.8. The van der Waals surface area contributed by atoms with E-state index >= 15 is 0 Å². The summed E-state index contributed by atoms with van der Waals surface area (Å²) in [5, 5.41) is 3.39. The SMILES string of the molecule is O=S1(=O)CCC(Oc2cccc(N3CCCNCC3)c2)C1.